The molecule has 0 fully saturated rings. The molecule has 0 bridgehead atoms. The van der Waals surface area contributed by atoms with Crippen LogP contribution in [0.1, 0.15) is 56.6 Å². The van der Waals surface area contributed by atoms with Crippen molar-refractivity contribution in [1.29, 1.82) is 0 Å². The Balaban J connectivity index is 2.95. The van der Waals surface area contributed by atoms with Crippen LogP contribution in [-0.2, 0) is 5.41 Å². The van der Waals surface area contributed by atoms with Gasteiger partial charge < -0.3 is 15.5 Å². The molecule has 1 unspecified atom stereocenters. The largest absolute Gasteiger partial charge is 0.478 e. The molecule has 112 valence electrons. The lowest BCUT2D eigenvalue weighted by Crippen LogP contribution is -2.21. The number of aromatic nitrogens is 1. The average Bonchev–Trinajstić information content (AvgIpc) is 2.35. The van der Waals surface area contributed by atoms with Crippen molar-refractivity contribution in [2.45, 2.75) is 52.1 Å². The number of nitrogens with one attached hydrogen (secondary N) is 1. The van der Waals surface area contributed by atoms with Gasteiger partial charge in [0, 0.05) is 17.7 Å². The van der Waals surface area contributed by atoms with Crippen molar-refractivity contribution in [2.24, 2.45) is 0 Å². The monoisotopic (exact) mass is 280 g/mol. The lowest BCUT2D eigenvalue weighted by atomic mass is 9.91. The van der Waals surface area contributed by atoms with Crippen LogP contribution in [0.15, 0.2) is 12.1 Å². The summed E-state index contributed by atoms with van der Waals surface area (Å²) in [5, 5.41) is 21.9. The van der Waals surface area contributed by atoms with Crippen LogP contribution in [0.4, 0.5) is 5.82 Å². The molecule has 1 heterocycles. The Kier molecular flexibility index (Phi) is 5.51. The Hall–Kier alpha value is -1.62. The second-order valence-electron chi connectivity index (χ2n) is 6.00. The van der Waals surface area contributed by atoms with E-state index in [1.165, 1.54) is 6.07 Å². The van der Waals surface area contributed by atoms with Crippen LogP contribution in [0.3, 0.4) is 0 Å². The van der Waals surface area contributed by atoms with Gasteiger partial charge in [-0.1, -0.05) is 34.1 Å². The third-order valence-corrected chi connectivity index (χ3v) is 2.98. The Morgan fingerprint density at radius 1 is 1.40 bits per heavy atom. The first kappa shape index (κ1) is 16.4. The zero-order valence-electron chi connectivity index (χ0n) is 12.6. The van der Waals surface area contributed by atoms with Crippen LogP contribution in [0.2, 0.25) is 0 Å². The standard InChI is InChI=1S/C15H24N2O3/c1-5-6-11(18)9-16-13-8-10(14(19)20)7-12(17-13)15(2,3)4/h7-8,11,18H,5-6,9H2,1-4H3,(H,16,17)(H,19,20). The van der Waals surface area contributed by atoms with Crippen LogP contribution >= 0.6 is 0 Å². The van der Waals surface area contributed by atoms with Gasteiger partial charge in [-0.25, -0.2) is 9.78 Å². The smallest absolute Gasteiger partial charge is 0.335 e. The molecule has 0 aromatic carbocycles. The van der Waals surface area contributed by atoms with E-state index in [2.05, 4.69) is 10.3 Å². The van der Waals surface area contributed by atoms with E-state index in [0.29, 0.717) is 24.5 Å². The molecule has 1 aromatic heterocycles. The first-order valence-corrected chi connectivity index (χ1v) is 6.92. The van der Waals surface area contributed by atoms with E-state index < -0.39 is 12.1 Å². The molecular weight excluding hydrogens is 256 g/mol. The van der Waals surface area contributed by atoms with Crippen molar-refractivity contribution >= 4 is 11.8 Å². The Bertz CT molecular complexity index is 467. The number of aromatic carboxylic acids is 1. The number of carboxylic acids is 1. The fraction of sp³-hybridized carbons (Fsp3) is 0.600. The number of aliphatic hydroxyl groups is 1. The minimum Gasteiger partial charge on any atom is -0.478 e. The minimum atomic E-state index is -0.977. The van der Waals surface area contributed by atoms with E-state index in [4.69, 9.17) is 5.11 Å². The number of pyridine rings is 1. The molecule has 0 aliphatic rings. The summed E-state index contributed by atoms with van der Waals surface area (Å²) in [5.74, 6) is -0.486. The second-order valence-corrected chi connectivity index (χ2v) is 6.00. The third kappa shape index (κ3) is 4.81. The van der Waals surface area contributed by atoms with Gasteiger partial charge in [-0.3, -0.25) is 0 Å². The third-order valence-electron chi connectivity index (χ3n) is 2.98. The zero-order chi connectivity index (χ0) is 15.3. The average molecular weight is 280 g/mol. The molecule has 0 aliphatic heterocycles. The van der Waals surface area contributed by atoms with Gasteiger partial charge >= 0.3 is 5.97 Å². The van der Waals surface area contributed by atoms with Gasteiger partial charge in [-0.2, -0.15) is 0 Å². The lowest BCUT2D eigenvalue weighted by molar-refractivity contribution is 0.0696. The van der Waals surface area contributed by atoms with Crippen LogP contribution in [0.25, 0.3) is 0 Å². The van der Waals surface area contributed by atoms with Gasteiger partial charge in [0.15, 0.2) is 0 Å². The predicted molar refractivity (Wildman–Crippen MR) is 79.3 cm³/mol. The second kappa shape index (κ2) is 6.70. The molecule has 5 nitrogen and oxygen atoms in total. The maximum Gasteiger partial charge on any atom is 0.335 e. The SMILES string of the molecule is CCCC(O)CNc1cc(C(=O)O)cc(C(C)(C)C)n1. The first-order valence-electron chi connectivity index (χ1n) is 6.92. The van der Waals surface area contributed by atoms with Crippen molar-refractivity contribution in [1.82, 2.24) is 4.98 Å². The first-order chi connectivity index (χ1) is 9.24. The van der Waals surface area contributed by atoms with E-state index in [9.17, 15) is 9.90 Å². The number of carbonyl (C=O) groups is 1. The van der Waals surface area contributed by atoms with Crippen LogP contribution in [0, 0.1) is 0 Å². The summed E-state index contributed by atoms with van der Waals surface area (Å²) >= 11 is 0. The van der Waals surface area contributed by atoms with Crippen molar-refractivity contribution < 1.29 is 15.0 Å². The summed E-state index contributed by atoms with van der Waals surface area (Å²) in [5.41, 5.74) is 0.687. The van der Waals surface area contributed by atoms with Gasteiger partial charge in [0.2, 0.25) is 0 Å². The summed E-state index contributed by atoms with van der Waals surface area (Å²) in [6.07, 6.45) is 1.16. The summed E-state index contributed by atoms with van der Waals surface area (Å²) in [6.45, 7) is 8.32. The quantitative estimate of drug-likeness (QED) is 0.746. The van der Waals surface area contributed by atoms with Gasteiger partial charge in [-0.05, 0) is 18.6 Å². The molecule has 0 spiro atoms. The number of anilines is 1. The molecule has 5 heteroatoms. The summed E-state index contributed by atoms with van der Waals surface area (Å²) < 4.78 is 0. The number of carboxylic acid groups (broad SMARTS) is 1. The molecule has 1 aromatic rings. The minimum absolute atomic E-state index is 0.206. The molecule has 0 saturated heterocycles. The van der Waals surface area contributed by atoms with Gasteiger partial charge in [0.25, 0.3) is 0 Å². The summed E-state index contributed by atoms with van der Waals surface area (Å²) in [7, 11) is 0. The number of nitrogens with zero attached hydrogens (tertiary/aromatic N) is 1. The molecule has 1 atom stereocenters. The number of aliphatic hydroxyl groups excluding tert-OH is 1. The summed E-state index contributed by atoms with van der Waals surface area (Å²) in [6, 6.07) is 3.09. The van der Waals surface area contributed by atoms with E-state index in [1.54, 1.807) is 6.07 Å². The predicted octanol–water partition coefficient (Wildman–Crippen LogP) is 2.65. The summed E-state index contributed by atoms with van der Waals surface area (Å²) in [4.78, 5) is 15.6. The van der Waals surface area contributed by atoms with E-state index >= 15 is 0 Å². The highest BCUT2D eigenvalue weighted by atomic mass is 16.4. The van der Waals surface area contributed by atoms with E-state index in [0.717, 1.165) is 6.42 Å². The fourth-order valence-corrected chi connectivity index (χ4v) is 1.79. The zero-order valence-corrected chi connectivity index (χ0v) is 12.6. The van der Waals surface area contributed by atoms with Gasteiger partial charge in [0.05, 0.1) is 11.7 Å². The molecule has 0 aliphatic carbocycles. The van der Waals surface area contributed by atoms with Crippen molar-refractivity contribution in [3.63, 3.8) is 0 Å². The number of hydrogen-bond acceptors (Lipinski definition) is 4. The van der Waals surface area contributed by atoms with E-state index in [1.807, 2.05) is 27.7 Å². The van der Waals surface area contributed by atoms with Crippen LogP contribution in [0.5, 0.6) is 0 Å². The Labute approximate surface area is 120 Å². The maximum absolute atomic E-state index is 11.2. The maximum atomic E-state index is 11.2. The van der Waals surface area contributed by atoms with Crippen molar-refractivity contribution in [3.05, 3.63) is 23.4 Å². The molecule has 0 amide bonds. The molecule has 3 N–H and O–H groups in total. The topological polar surface area (TPSA) is 82.5 Å². The lowest BCUT2D eigenvalue weighted by Gasteiger charge is -2.20. The highest BCUT2D eigenvalue weighted by Crippen LogP contribution is 2.23. The highest BCUT2D eigenvalue weighted by molar-refractivity contribution is 5.88. The Morgan fingerprint density at radius 3 is 2.55 bits per heavy atom. The molecule has 0 saturated carbocycles. The molecular formula is C15H24N2O3. The van der Waals surface area contributed by atoms with Gasteiger partial charge in [-0.15, -0.1) is 0 Å². The van der Waals surface area contributed by atoms with Crippen molar-refractivity contribution in [2.75, 3.05) is 11.9 Å². The number of hydrogen-bond donors (Lipinski definition) is 3. The van der Waals surface area contributed by atoms with Gasteiger partial charge in [0.1, 0.15) is 5.82 Å². The fourth-order valence-electron chi connectivity index (χ4n) is 1.79. The highest BCUT2D eigenvalue weighted by Gasteiger charge is 2.19. The van der Waals surface area contributed by atoms with Crippen LogP contribution < -0.4 is 5.32 Å². The number of rotatable bonds is 6. The molecule has 1 rings (SSSR count). The molecule has 20 heavy (non-hydrogen) atoms. The van der Waals surface area contributed by atoms with E-state index in [-0.39, 0.29) is 11.0 Å². The normalized spacial score (nSPS) is 13.1. The molecule has 0 radical (unpaired) electrons. The van der Waals surface area contributed by atoms with Crippen molar-refractivity contribution in [3.8, 4) is 0 Å². The van der Waals surface area contributed by atoms with Crippen LogP contribution in [-0.4, -0.2) is 33.8 Å². The Morgan fingerprint density at radius 2 is 2.05 bits per heavy atom.